The normalized spacial score (nSPS) is 17.6. The molecule has 2 rings (SSSR count). The summed E-state index contributed by atoms with van der Waals surface area (Å²) in [6.45, 7) is 4.43. The molecule has 0 saturated carbocycles. The van der Waals surface area contributed by atoms with E-state index in [1.54, 1.807) is 4.90 Å². The van der Waals surface area contributed by atoms with Crippen molar-refractivity contribution < 1.29 is 9.53 Å². The fraction of sp³-hybridized carbons (Fsp3) is 0.417. The van der Waals surface area contributed by atoms with Crippen molar-refractivity contribution in [2.75, 3.05) is 17.3 Å². The van der Waals surface area contributed by atoms with Crippen LogP contribution >= 0.6 is 11.6 Å². The van der Waals surface area contributed by atoms with Crippen LogP contribution in [-0.2, 0) is 4.79 Å². The monoisotopic (exact) mass is 239 g/mol. The van der Waals surface area contributed by atoms with Gasteiger partial charge in [-0.15, -0.1) is 11.6 Å². The van der Waals surface area contributed by atoms with E-state index < -0.39 is 0 Å². The smallest absolute Gasteiger partial charge is 0.242 e. The van der Waals surface area contributed by atoms with Gasteiger partial charge in [-0.3, -0.25) is 4.79 Å². The van der Waals surface area contributed by atoms with Crippen LogP contribution in [0, 0.1) is 0 Å². The van der Waals surface area contributed by atoms with E-state index in [9.17, 15) is 4.79 Å². The van der Waals surface area contributed by atoms with Crippen LogP contribution in [0.1, 0.15) is 13.8 Å². The molecule has 1 aliphatic heterocycles. The van der Waals surface area contributed by atoms with Crippen LogP contribution in [0.2, 0.25) is 0 Å². The molecular formula is C12H14ClNO2. The average Bonchev–Trinajstić information content (AvgIpc) is 2.25. The summed E-state index contributed by atoms with van der Waals surface area (Å²) in [7, 11) is 0. The molecule has 1 amide bonds. The van der Waals surface area contributed by atoms with E-state index >= 15 is 0 Å². The second kappa shape index (κ2) is 3.98. The molecular weight excluding hydrogens is 226 g/mol. The summed E-state index contributed by atoms with van der Waals surface area (Å²) in [5, 5.41) is 0. The van der Waals surface area contributed by atoms with Gasteiger partial charge in [-0.05, 0) is 26.0 Å². The zero-order valence-corrected chi connectivity index (χ0v) is 10.1. The van der Waals surface area contributed by atoms with Gasteiger partial charge in [0.05, 0.1) is 12.2 Å². The molecule has 0 aromatic heterocycles. The van der Waals surface area contributed by atoms with Crippen molar-refractivity contribution in [2.24, 2.45) is 0 Å². The Labute approximate surface area is 100.0 Å². The highest BCUT2D eigenvalue weighted by atomic mass is 35.5. The van der Waals surface area contributed by atoms with E-state index in [1.807, 2.05) is 38.1 Å². The summed E-state index contributed by atoms with van der Waals surface area (Å²) in [5.74, 6) is 0.632. The fourth-order valence-electron chi connectivity index (χ4n) is 1.86. The van der Waals surface area contributed by atoms with Gasteiger partial charge in [0.1, 0.15) is 17.2 Å². The Morgan fingerprint density at radius 2 is 2.19 bits per heavy atom. The van der Waals surface area contributed by atoms with Gasteiger partial charge in [-0.25, -0.2) is 0 Å². The number of halogens is 1. The Kier molecular flexibility index (Phi) is 2.80. The minimum absolute atomic E-state index is 0.00951. The number of fused-ring (bicyclic) bond motifs is 1. The highest BCUT2D eigenvalue weighted by Gasteiger charge is 2.34. The van der Waals surface area contributed by atoms with E-state index in [4.69, 9.17) is 16.3 Å². The largest absolute Gasteiger partial charge is 0.484 e. The lowest BCUT2D eigenvalue weighted by Gasteiger charge is -2.39. The van der Waals surface area contributed by atoms with Crippen molar-refractivity contribution in [1.29, 1.82) is 0 Å². The summed E-state index contributed by atoms with van der Waals surface area (Å²) in [6, 6.07) is 7.51. The van der Waals surface area contributed by atoms with Crippen molar-refractivity contribution in [3.05, 3.63) is 24.3 Å². The molecule has 1 aromatic carbocycles. The lowest BCUT2D eigenvalue weighted by atomic mass is 10.1. The van der Waals surface area contributed by atoms with Gasteiger partial charge in [0.15, 0.2) is 0 Å². The average molecular weight is 240 g/mol. The Morgan fingerprint density at radius 1 is 1.50 bits per heavy atom. The third-order valence-electron chi connectivity index (χ3n) is 2.50. The maximum absolute atomic E-state index is 11.8. The third-order valence-corrected chi connectivity index (χ3v) is 2.73. The van der Waals surface area contributed by atoms with Crippen LogP contribution in [0.15, 0.2) is 24.3 Å². The summed E-state index contributed by atoms with van der Waals surface area (Å²) in [6.07, 6.45) is 0. The number of amides is 1. The first-order chi connectivity index (χ1) is 7.53. The molecule has 1 aliphatic rings. The maximum atomic E-state index is 11.8. The van der Waals surface area contributed by atoms with E-state index in [0.717, 1.165) is 11.4 Å². The summed E-state index contributed by atoms with van der Waals surface area (Å²) in [4.78, 5) is 13.4. The molecule has 0 bridgehead atoms. The van der Waals surface area contributed by atoms with Gasteiger partial charge < -0.3 is 9.64 Å². The predicted molar refractivity (Wildman–Crippen MR) is 64.2 cm³/mol. The number of benzene rings is 1. The Balaban J connectivity index is 2.43. The summed E-state index contributed by atoms with van der Waals surface area (Å²) in [5.41, 5.74) is 0.420. The SMILES string of the molecule is CC1(C)CN(C(=O)CCl)c2ccccc2O1. The number of para-hydroxylation sites is 2. The number of alkyl halides is 1. The molecule has 0 aliphatic carbocycles. The Morgan fingerprint density at radius 3 is 2.88 bits per heavy atom. The molecule has 3 nitrogen and oxygen atoms in total. The molecule has 0 saturated heterocycles. The van der Waals surface area contributed by atoms with Gasteiger partial charge in [0.2, 0.25) is 5.91 Å². The highest BCUT2D eigenvalue weighted by molar-refractivity contribution is 6.29. The molecule has 1 aromatic rings. The first kappa shape index (κ1) is 11.3. The number of carbonyl (C=O) groups excluding carboxylic acids is 1. The molecule has 0 N–H and O–H groups in total. The van der Waals surface area contributed by atoms with Crippen LogP contribution in [-0.4, -0.2) is 23.9 Å². The lowest BCUT2D eigenvalue weighted by molar-refractivity contribution is -0.117. The Hall–Kier alpha value is -1.22. The molecule has 0 fully saturated rings. The van der Waals surface area contributed by atoms with Crippen LogP contribution in [0.4, 0.5) is 5.69 Å². The zero-order chi connectivity index (χ0) is 11.8. The number of nitrogens with zero attached hydrogens (tertiary/aromatic N) is 1. The first-order valence-corrected chi connectivity index (χ1v) is 5.71. The minimum Gasteiger partial charge on any atom is -0.484 e. The minimum atomic E-state index is -0.379. The standard InChI is InChI=1S/C12H14ClNO2/c1-12(2)8-14(11(15)7-13)9-5-3-4-6-10(9)16-12/h3-6H,7-8H2,1-2H3. The number of hydrogen-bond acceptors (Lipinski definition) is 2. The van der Waals surface area contributed by atoms with Gasteiger partial charge in [0.25, 0.3) is 0 Å². The van der Waals surface area contributed by atoms with Gasteiger partial charge in [-0.2, -0.15) is 0 Å². The fourth-order valence-corrected chi connectivity index (χ4v) is 2.00. The van der Waals surface area contributed by atoms with Crippen LogP contribution in [0.3, 0.4) is 0 Å². The predicted octanol–water partition coefficient (Wildman–Crippen LogP) is 2.43. The van der Waals surface area contributed by atoms with Crippen molar-refractivity contribution in [3.8, 4) is 5.75 Å². The van der Waals surface area contributed by atoms with Crippen LogP contribution in [0.5, 0.6) is 5.75 Å². The second-order valence-electron chi connectivity index (χ2n) is 4.44. The van der Waals surface area contributed by atoms with Crippen molar-refractivity contribution >= 4 is 23.2 Å². The summed E-state index contributed by atoms with van der Waals surface area (Å²) < 4.78 is 5.81. The number of anilines is 1. The zero-order valence-electron chi connectivity index (χ0n) is 9.37. The molecule has 86 valence electrons. The number of carbonyl (C=O) groups is 1. The molecule has 0 atom stereocenters. The third kappa shape index (κ3) is 2.00. The van der Waals surface area contributed by atoms with E-state index in [0.29, 0.717) is 6.54 Å². The van der Waals surface area contributed by atoms with Gasteiger partial charge in [0, 0.05) is 0 Å². The molecule has 0 unspecified atom stereocenters. The number of ether oxygens (including phenoxy) is 1. The molecule has 16 heavy (non-hydrogen) atoms. The topological polar surface area (TPSA) is 29.5 Å². The summed E-state index contributed by atoms with van der Waals surface area (Å²) >= 11 is 5.61. The van der Waals surface area contributed by atoms with E-state index in [2.05, 4.69) is 0 Å². The van der Waals surface area contributed by atoms with Crippen molar-refractivity contribution in [3.63, 3.8) is 0 Å². The molecule has 0 spiro atoms. The van der Waals surface area contributed by atoms with Crippen LogP contribution < -0.4 is 9.64 Å². The first-order valence-electron chi connectivity index (χ1n) is 5.18. The lowest BCUT2D eigenvalue weighted by Crippen LogP contribution is -2.49. The van der Waals surface area contributed by atoms with Crippen molar-refractivity contribution in [2.45, 2.75) is 19.4 Å². The van der Waals surface area contributed by atoms with E-state index in [-0.39, 0.29) is 17.4 Å². The highest BCUT2D eigenvalue weighted by Crippen LogP contribution is 2.36. The quantitative estimate of drug-likeness (QED) is 0.705. The van der Waals surface area contributed by atoms with Gasteiger partial charge >= 0.3 is 0 Å². The van der Waals surface area contributed by atoms with Crippen molar-refractivity contribution in [1.82, 2.24) is 0 Å². The number of hydrogen-bond donors (Lipinski definition) is 0. The Bertz CT molecular complexity index is 417. The maximum Gasteiger partial charge on any atom is 0.242 e. The number of rotatable bonds is 1. The molecule has 1 heterocycles. The van der Waals surface area contributed by atoms with E-state index in [1.165, 1.54) is 0 Å². The molecule has 4 heteroatoms. The second-order valence-corrected chi connectivity index (χ2v) is 4.71. The van der Waals surface area contributed by atoms with Gasteiger partial charge in [-0.1, -0.05) is 12.1 Å². The molecule has 0 radical (unpaired) electrons. The van der Waals surface area contributed by atoms with Crippen LogP contribution in [0.25, 0.3) is 0 Å².